The number of anilines is 1. The van der Waals surface area contributed by atoms with Crippen LogP contribution in [-0.2, 0) is 6.61 Å². The van der Waals surface area contributed by atoms with Crippen molar-refractivity contribution in [3.8, 4) is 5.75 Å². The Kier molecular flexibility index (Phi) is 5.21. The van der Waals surface area contributed by atoms with Crippen molar-refractivity contribution in [1.29, 1.82) is 0 Å². The number of rotatable bonds is 4. The summed E-state index contributed by atoms with van der Waals surface area (Å²) in [5, 5.41) is 0.319. The van der Waals surface area contributed by atoms with Gasteiger partial charge in [0.1, 0.15) is 12.4 Å². The standard InChI is InChI=1S/C18H19ClF2N2O/c1-22-6-8-23(9-7-22)15-4-5-16(20)18(11-15)24-12-13-2-3-14(19)10-17(13)21/h2-5,10-11H,6-9,12H2,1H3. The van der Waals surface area contributed by atoms with Crippen molar-refractivity contribution in [3.05, 3.63) is 58.6 Å². The Balaban J connectivity index is 1.72. The first kappa shape index (κ1) is 17.0. The molecule has 6 heteroatoms. The summed E-state index contributed by atoms with van der Waals surface area (Å²) in [5.41, 5.74) is 1.25. The highest BCUT2D eigenvalue weighted by molar-refractivity contribution is 6.30. The van der Waals surface area contributed by atoms with Gasteiger partial charge >= 0.3 is 0 Å². The monoisotopic (exact) mass is 352 g/mol. The highest BCUT2D eigenvalue weighted by Crippen LogP contribution is 2.27. The molecule has 1 saturated heterocycles. The first-order valence-electron chi connectivity index (χ1n) is 7.83. The zero-order valence-corrected chi connectivity index (χ0v) is 14.2. The van der Waals surface area contributed by atoms with Crippen molar-refractivity contribution in [2.45, 2.75) is 6.61 Å². The molecular weight excluding hydrogens is 334 g/mol. The van der Waals surface area contributed by atoms with Crippen molar-refractivity contribution >= 4 is 17.3 Å². The Hall–Kier alpha value is -1.85. The molecule has 0 bridgehead atoms. The predicted octanol–water partition coefficient (Wildman–Crippen LogP) is 3.95. The fraction of sp³-hybridized carbons (Fsp3) is 0.333. The second kappa shape index (κ2) is 7.36. The number of likely N-dealkylation sites (N-methyl/N-ethyl adjacent to an activating group) is 1. The number of piperazine rings is 1. The van der Waals surface area contributed by atoms with Crippen LogP contribution < -0.4 is 9.64 Å². The summed E-state index contributed by atoms with van der Waals surface area (Å²) in [6.07, 6.45) is 0. The smallest absolute Gasteiger partial charge is 0.165 e. The van der Waals surface area contributed by atoms with Gasteiger partial charge in [-0.1, -0.05) is 17.7 Å². The van der Waals surface area contributed by atoms with Crippen LogP contribution in [0, 0.1) is 11.6 Å². The van der Waals surface area contributed by atoms with E-state index in [1.807, 2.05) is 0 Å². The Morgan fingerprint density at radius 2 is 1.75 bits per heavy atom. The molecule has 3 rings (SSSR count). The molecule has 1 aliphatic heterocycles. The van der Waals surface area contributed by atoms with E-state index in [2.05, 4.69) is 16.8 Å². The SMILES string of the molecule is CN1CCN(c2ccc(F)c(OCc3ccc(Cl)cc3F)c2)CC1. The molecule has 0 aromatic heterocycles. The van der Waals surface area contributed by atoms with E-state index < -0.39 is 11.6 Å². The number of hydrogen-bond donors (Lipinski definition) is 0. The number of halogens is 3. The summed E-state index contributed by atoms with van der Waals surface area (Å²) in [4.78, 5) is 4.44. The third-order valence-electron chi connectivity index (χ3n) is 4.18. The summed E-state index contributed by atoms with van der Waals surface area (Å²) in [5.74, 6) is -0.791. The molecule has 1 aliphatic rings. The number of hydrogen-bond acceptors (Lipinski definition) is 3. The van der Waals surface area contributed by atoms with Crippen LogP contribution in [0.3, 0.4) is 0 Å². The molecule has 0 radical (unpaired) electrons. The summed E-state index contributed by atoms with van der Waals surface area (Å²) < 4.78 is 33.3. The number of ether oxygens (including phenoxy) is 1. The van der Waals surface area contributed by atoms with E-state index >= 15 is 0 Å². The van der Waals surface area contributed by atoms with E-state index in [1.165, 1.54) is 12.1 Å². The molecule has 0 saturated carbocycles. The lowest BCUT2D eigenvalue weighted by atomic mass is 10.2. The predicted molar refractivity (Wildman–Crippen MR) is 91.9 cm³/mol. The van der Waals surface area contributed by atoms with E-state index in [-0.39, 0.29) is 12.4 Å². The molecule has 2 aromatic carbocycles. The molecule has 1 heterocycles. The average molecular weight is 353 g/mol. The molecule has 0 aliphatic carbocycles. The van der Waals surface area contributed by atoms with Gasteiger partial charge in [-0.15, -0.1) is 0 Å². The normalized spacial score (nSPS) is 15.6. The van der Waals surface area contributed by atoms with Gasteiger partial charge in [0.25, 0.3) is 0 Å². The largest absolute Gasteiger partial charge is 0.486 e. The molecule has 128 valence electrons. The molecule has 0 N–H and O–H groups in total. The highest BCUT2D eigenvalue weighted by atomic mass is 35.5. The molecule has 2 aromatic rings. The molecular formula is C18H19ClF2N2O. The first-order chi connectivity index (χ1) is 11.5. The topological polar surface area (TPSA) is 15.7 Å². The summed E-state index contributed by atoms with van der Waals surface area (Å²) >= 11 is 5.73. The van der Waals surface area contributed by atoms with Crippen LogP contribution in [-0.4, -0.2) is 38.1 Å². The van der Waals surface area contributed by atoms with Gasteiger partial charge in [0.15, 0.2) is 11.6 Å². The minimum Gasteiger partial charge on any atom is -0.486 e. The van der Waals surface area contributed by atoms with Crippen LogP contribution in [0.4, 0.5) is 14.5 Å². The Morgan fingerprint density at radius 1 is 1.00 bits per heavy atom. The Morgan fingerprint density at radius 3 is 2.46 bits per heavy atom. The maximum atomic E-state index is 14.0. The van der Waals surface area contributed by atoms with E-state index in [0.29, 0.717) is 10.6 Å². The number of nitrogens with zero attached hydrogens (tertiary/aromatic N) is 2. The fourth-order valence-corrected chi connectivity index (χ4v) is 2.82. The van der Waals surface area contributed by atoms with Gasteiger partial charge in [-0.25, -0.2) is 8.78 Å². The van der Waals surface area contributed by atoms with E-state index in [0.717, 1.165) is 31.9 Å². The van der Waals surface area contributed by atoms with Gasteiger partial charge in [-0.2, -0.15) is 0 Å². The van der Waals surface area contributed by atoms with Crippen molar-refractivity contribution in [3.63, 3.8) is 0 Å². The second-order valence-electron chi connectivity index (χ2n) is 5.93. The van der Waals surface area contributed by atoms with Gasteiger partial charge < -0.3 is 14.5 Å². The van der Waals surface area contributed by atoms with Gasteiger partial charge in [0.05, 0.1) is 0 Å². The van der Waals surface area contributed by atoms with Gasteiger partial charge in [-0.3, -0.25) is 0 Å². The number of benzene rings is 2. The Labute approximate surface area is 145 Å². The van der Waals surface area contributed by atoms with E-state index in [1.54, 1.807) is 24.3 Å². The Bertz CT molecular complexity index is 718. The lowest BCUT2D eigenvalue weighted by Crippen LogP contribution is -2.44. The third kappa shape index (κ3) is 3.97. The summed E-state index contributed by atoms with van der Waals surface area (Å²) in [7, 11) is 2.08. The quantitative estimate of drug-likeness (QED) is 0.828. The molecule has 24 heavy (non-hydrogen) atoms. The van der Waals surface area contributed by atoms with Crippen molar-refractivity contribution in [1.82, 2.24) is 4.90 Å². The van der Waals surface area contributed by atoms with Crippen LogP contribution in [0.5, 0.6) is 5.75 Å². The average Bonchev–Trinajstić information content (AvgIpc) is 2.56. The molecule has 0 atom stereocenters. The summed E-state index contributed by atoms with van der Waals surface area (Å²) in [6, 6.07) is 9.16. The maximum Gasteiger partial charge on any atom is 0.165 e. The van der Waals surface area contributed by atoms with Gasteiger partial charge in [-0.05, 0) is 31.3 Å². The van der Waals surface area contributed by atoms with E-state index in [9.17, 15) is 8.78 Å². The molecule has 1 fully saturated rings. The minimum absolute atomic E-state index is 0.0495. The van der Waals surface area contributed by atoms with Gasteiger partial charge in [0.2, 0.25) is 0 Å². The minimum atomic E-state index is -0.460. The fourth-order valence-electron chi connectivity index (χ4n) is 2.66. The molecule has 0 amide bonds. The second-order valence-corrected chi connectivity index (χ2v) is 6.37. The molecule has 3 nitrogen and oxygen atoms in total. The maximum absolute atomic E-state index is 14.0. The lowest BCUT2D eigenvalue weighted by molar-refractivity contribution is 0.284. The highest BCUT2D eigenvalue weighted by Gasteiger charge is 2.16. The van der Waals surface area contributed by atoms with Crippen LogP contribution in [0.2, 0.25) is 5.02 Å². The van der Waals surface area contributed by atoms with Crippen LogP contribution >= 0.6 is 11.6 Å². The molecule has 0 spiro atoms. The summed E-state index contributed by atoms with van der Waals surface area (Å²) in [6.45, 7) is 3.64. The van der Waals surface area contributed by atoms with Crippen LogP contribution in [0.25, 0.3) is 0 Å². The van der Waals surface area contributed by atoms with E-state index in [4.69, 9.17) is 16.3 Å². The lowest BCUT2D eigenvalue weighted by Gasteiger charge is -2.34. The zero-order valence-electron chi connectivity index (χ0n) is 13.4. The van der Waals surface area contributed by atoms with Crippen LogP contribution in [0.15, 0.2) is 36.4 Å². The van der Waals surface area contributed by atoms with Crippen molar-refractivity contribution in [2.75, 3.05) is 38.1 Å². The zero-order chi connectivity index (χ0) is 17.1. The van der Waals surface area contributed by atoms with Crippen molar-refractivity contribution < 1.29 is 13.5 Å². The van der Waals surface area contributed by atoms with Crippen LogP contribution in [0.1, 0.15) is 5.56 Å². The molecule has 0 unspecified atom stereocenters. The van der Waals surface area contributed by atoms with Crippen molar-refractivity contribution in [2.24, 2.45) is 0 Å². The van der Waals surface area contributed by atoms with Gasteiger partial charge in [0, 0.05) is 48.5 Å². The third-order valence-corrected chi connectivity index (χ3v) is 4.42. The first-order valence-corrected chi connectivity index (χ1v) is 8.20.